The van der Waals surface area contributed by atoms with E-state index in [1.54, 1.807) is 27.7 Å². The van der Waals surface area contributed by atoms with Crippen molar-refractivity contribution in [3.63, 3.8) is 0 Å². The molecule has 0 spiro atoms. The summed E-state index contributed by atoms with van der Waals surface area (Å²) in [4.78, 5) is 24.3. The first-order chi connectivity index (χ1) is 8.64. The number of fused-ring (bicyclic) bond motifs is 1. The van der Waals surface area contributed by atoms with Crippen LogP contribution >= 0.6 is 11.6 Å². The van der Waals surface area contributed by atoms with Crippen molar-refractivity contribution >= 4 is 22.4 Å². The summed E-state index contributed by atoms with van der Waals surface area (Å²) in [6.07, 6.45) is 0. The molecule has 0 fully saturated rings. The smallest absolute Gasteiger partial charge is 0.364 e. The summed E-state index contributed by atoms with van der Waals surface area (Å²) in [5.41, 5.74) is -1.48. The zero-order valence-electron chi connectivity index (χ0n) is 11.1. The molecule has 0 radical (unpaired) electrons. The molecule has 0 aliphatic heterocycles. The SMILES string of the molecule is Cc1cc2c(=O)on(C(C)(C)C)c(=O)c2c(Cl)c1O. The third-order valence-corrected chi connectivity index (χ3v) is 3.20. The van der Waals surface area contributed by atoms with E-state index in [0.717, 1.165) is 4.74 Å². The Morgan fingerprint density at radius 2 is 1.89 bits per heavy atom. The number of hydrogen-bond donors (Lipinski definition) is 1. The second kappa shape index (κ2) is 4.13. The fourth-order valence-electron chi connectivity index (χ4n) is 1.85. The predicted molar refractivity (Wildman–Crippen MR) is 73.2 cm³/mol. The number of halogens is 1. The lowest BCUT2D eigenvalue weighted by Crippen LogP contribution is -2.36. The van der Waals surface area contributed by atoms with Gasteiger partial charge in [-0.05, 0) is 39.3 Å². The highest BCUT2D eigenvalue weighted by Crippen LogP contribution is 2.32. The number of aryl methyl sites for hydroxylation is 1. The molecule has 5 nitrogen and oxygen atoms in total. The summed E-state index contributed by atoms with van der Waals surface area (Å²) < 4.78 is 6.01. The highest BCUT2D eigenvalue weighted by atomic mass is 35.5. The fourth-order valence-corrected chi connectivity index (χ4v) is 2.19. The molecule has 19 heavy (non-hydrogen) atoms. The molecule has 0 aliphatic carbocycles. The van der Waals surface area contributed by atoms with Crippen molar-refractivity contribution in [1.29, 1.82) is 0 Å². The van der Waals surface area contributed by atoms with E-state index in [1.165, 1.54) is 6.07 Å². The van der Waals surface area contributed by atoms with Crippen molar-refractivity contribution in [2.45, 2.75) is 33.2 Å². The van der Waals surface area contributed by atoms with Gasteiger partial charge in [-0.15, -0.1) is 0 Å². The molecule has 0 unspecified atom stereocenters. The second-order valence-corrected chi connectivity index (χ2v) is 5.81. The molecule has 0 saturated carbocycles. The van der Waals surface area contributed by atoms with Gasteiger partial charge in [0.05, 0.1) is 21.3 Å². The van der Waals surface area contributed by atoms with Crippen molar-refractivity contribution in [2.75, 3.05) is 0 Å². The molecule has 0 bridgehead atoms. The summed E-state index contributed by atoms with van der Waals surface area (Å²) in [6, 6.07) is 1.40. The van der Waals surface area contributed by atoms with E-state index >= 15 is 0 Å². The maximum Gasteiger partial charge on any atom is 0.364 e. The number of aromatic hydroxyl groups is 1. The third kappa shape index (κ3) is 2.04. The Hall–Kier alpha value is -1.75. The van der Waals surface area contributed by atoms with Crippen LogP contribution in [0, 0.1) is 6.92 Å². The maximum absolute atomic E-state index is 12.3. The van der Waals surface area contributed by atoms with Crippen LogP contribution in [0.25, 0.3) is 10.8 Å². The molecule has 0 atom stereocenters. The lowest BCUT2D eigenvalue weighted by Gasteiger charge is -2.19. The highest BCUT2D eigenvalue weighted by molar-refractivity contribution is 6.37. The number of hydrogen-bond acceptors (Lipinski definition) is 4. The van der Waals surface area contributed by atoms with Gasteiger partial charge in [0.15, 0.2) is 0 Å². The third-order valence-electron chi connectivity index (χ3n) is 2.83. The first-order valence-corrected chi connectivity index (χ1v) is 6.11. The molecule has 1 heterocycles. The van der Waals surface area contributed by atoms with Crippen LogP contribution in [0.5, 0.6) is 5.75 Å². The molecule has 0 saturated heterocycles. The average molecular weight is 284 g/mol. The molecule has 0 amide bonds. The average Bonchev–Trinajstić information content (AvgIpc) is 2.28. The Labute approximate surface area is 114 Å². The van der Waals surface area contributed by atoms with Crippen LogP contribution in [-0.2, 0) is 5.54 Å². The summed E-state index contributed by atoms with van der Waals surface area (Å²) in [5, 5.41) is 9.74. The topological polar surface area (TPSA) is 72.4 Å². The Bertz CT molecular complexity index is 780. The van der Waals surface area contributed by atoms with Crippen LogP contribution in [0.1, 0.15) is 26.3 Å². The lowest BCUT2D eigenvalue weighted by atomic mass is 10.1. The number of rotatable bonds is 0. The van der Waals surface area contributed by atoms with E-state index in [1.807, 2.05) is 0 Å². The molecular formula is C13H14ClNO4. The van der Waals surface area contributed by atoms with Crippen LogP contribution in [0.2, 0.25) is 5.02 Å². The standard InChI is InChI=1S/C13H14ClNO4/c1-6-5-7-8(9(14)10(6)16)11(17)15(13(2,3)4)19-12(7)18/h5,16H,1-4H3. The fraction of sp³-hybridized carbons (Fsp3) is 0.385. The van der Waals surface area contributed by atoms with E-state index < -0.39 is 16.7 Å². The van der Waals surface area contributed by atoms with Gasteiger partial charge < -0.3 is 9.63 Å². The van der Waals surface area contributed by atoms with E-state index in [9.17, 15) is 14.7 Å². The van der Waals surface area contributed by atoms with E-state index in [4.69, 9.17) is 16.1 Å². The van der Waals surface area contributed by atoms with Gasteiger partial charge in [0, 0.05) is 0 Å². The Balaban J connectivity index is 3.11. The molecule has 102 valence electrons. The lowest BCUT2D eigenvalue weighted by molar-refractivity contribution is 0.135. The molecule has 2 rings (SSSR count). The van der Waals surface area contributed by atoms with Crippen molar-refractivity contribution in [1.82, 2.24) is 4.74 Å². The van der Waals surface area contributed by atoms with Crippen molar-refractivity contribution in [3.05, 3.63) is 37.4 Å². The Morgan fingerprint density at radius 3 is 2.42 bits per heavy atom. The van der Waals surface area contributed by atoms with Crippen LogP contribution in [0.15, 0.2) is 20.2 Å². The minimum Gasteiger partial charge on any atom is -0.506 e. The monoisotopic (exact) mass is 283 g/mol. The normalized spacial score (nSPS) is 12.1. The van der Waals surface area contributed by atoms with Crippen LogP contribution < -0.4 is 11.2 Å². The maximum atomic E-state index is 12.3. The number of aromatic nitrogens is 1. The van der Waals surface area contributed by atoms with Crippen LogP contribution in [0.4, 0.5) is 0 Å². The van der Waals surface area contributed by atoms with E-state index in [-0.39, 0.29) is 21.5 Å². The summed E-state index contributed by atoms with van der Waals surface area (Å²) in [7, 11) is 0. The first kappa shape index (κ1) is 13.7. The van der Waals surface area contributed by atoms with Gasteiger partial charge in [0.25, 0.3) is 5.56 Å². The van der Waals surface area contributed by atoms with Crippen molar-refractivity contribution in [3.8, 4) is 5.75 Å². The highest BCUT2D eigenvalue weighted by Gasteiger charge is 2.23. The van der Waals surface area contributed by atoms with Gasteiger partial charge in [-0.25, -0.2) is 4.79 Å². The van der Waals surface area contributed by atoms with Gasteiger partial charge in [0.2, 0.25) is 0 Å². The second-order valence-electron chi connectivity index (χ2n) is 5.43. The molecule has 6 heteroatoms. The summed E-state index contributed by atoms with van der Waals surface area (Å²) in [5.74, 6) is -0.197. The largest absolute Gasteiger partial charge is 0.506 e. The zero-order chi connectivity index (χ0) is 14.5. The summed E-state index contributed by atoms with van der Waals surface area (Å²) >= 11 is 5.99. The summed E-state index contributed by atoms with van der Waals surface area (Å²) in [6.45, 7) is 6.77. The number of phenolic OH excluding ortho intramolecular Hbond substituents is 1. The first-order valence-electron chi connectivity index (χ1n) is 5.73. The van der Waals surface area contributed by atoms with Gasteiger partial charge in [-0.3, -0.25) is 4.79 Å². The number of benzene rings is 1. The molecule has 1 aromatic carbocycles. The van der Waals surface area contributed by atoms with Crippen molar-refractivity contribution < 1.29 is 9.63 Å². The van der Waals surface area contributed by atoms with Gasteiger partial charge in [-0.1, -0.05) is 11.6 Å². The van der Waals surface area contributed by atoms with Gasteiger partial charge in [0.1, 0.15) is 5.75 Å². The Kier molecular flexibility index (Phi) is 2.97. The zero-order valence-corrected chi connectivity index (χ0v) is 11.8. The quantitative estimate of drug-likeness (QED) is 0.806. The van der Waals surface area contributed by atoms with Gasteiger partial charge in [-0.2, -0.15) is 4.74 Å². The number of nitrogens with zero attached hydrogens (tertiary/aromatic N) is 1. The molecule has 0 aliphatic rings. The molecule has 1 N–H and O–H groups in total. The van der Waals surface area contributed by atoms with Crippen LogP contribution in [-0.4, -0.2) is 9.85 Å². The van der Waals surface area contributed by atoms with Crippen molar-refractivity contribution in [2.24, 2.45) is 0 Å². The molecule has 2 aromatic rings. The minimum atomic E-state index is -0.700. The molecule has 1 aromatic heterocycles. The number of phenols is 1. The molecular weight excluding hydrogens is 270 g/mol. The minimum absolute atomic E-state index is 0.0176. The van der Waals surface area contributed by atoms with E-state index in [0.29, 0.717) is 5.56 Å². The van der Waals surface area contributed by atoms with Gasteiger partial charge >= 0.3 is 5.63 Å². The van der Waals surface area contributed by atoms with Crippen LogP contribution in [0.3, 0.4) is 0 Å². The predicted octanol–water partition coefficient (Wildman–Crippen LogP) is 2.38. The Morgan fingerprint density at radius 1 is 1.32 bits per heavy atom. The van der Waals surface area contributed by atoms with E-state index in [2.05, 4.69) is 0 Å².